The molecule has 3 N–H and O–H groups in total. The lowest BCUT2D eigenvalue weighted by Gasteiger charge is -2.40. The van der Waals surface area contributed by atoms with Crippen LogP contribution in [-0.4, -0.2) is 89.2 Å². The third-order valence-corrected chi connectivity index (χ3v) is 12.2. The molecule has 0 aromatic rings. The van der Waals surface area contributed by atoms with Gasteiger partial charge in [0, 0.05) is 19.3 Å². The molecule has 12 heteroatoms. The number of rotatable bonds is 46. The van der Waals surface area contributed by atoms with E-state index in [1.54, 1.807) is 0 Å². The molecule has 1 heterocycles. The summed E-state index contributed by atoms with van der Waals surface area (Å²) in [6.45, 7) is 5.77. The quantitative estimate of drug-likeness (QED) is 0.0228. The first kappa shape index (κ1) is 65.2. The maximum atomic E-state index is 13.1. The van der Waals surface area contributed by atoms with Gasteiger partial charge in [-0.25, -0.2) is 4.79 Å². The van der Waals surface area contributed by atoms with Crippen molar-refractivity contribution in [2.45, 2.75) is 263 Å². The van der Waals surface area contributed by atoms with Crippen LogP contribution in [0, 0.1) is 0 Å². The van der Waals surface area contributed by atoms with Crippen LogP contribution in [0.3, 0.4) is 0 Å². The molecule has 1 aliphatic heterocycles. The molecule has 1 saturated heterocycles. The van der Waals surface area contributed by atoms with Crippen molar-refractivity contribution < 1.29 is 58.2 Å². The van der Waals surface area contributed by atoms with Crippen molar-refractivity contribution in [3.8, 4) is 0 Å². The Morgan fingerprint density at radius 2 is 0.901 bits per heavy atom. The second kappa shape index (κ2) is 47.2. The first-order valence-corrected chi connectivity index (χ1v) is 27.9. The van der Waals surface area contributed by atoms with Gasteiger partial charge in [0.1, 0.15) is 18.8 Å². The van der Waals surface area contributed by atoms with Gasteiger partial charge in [-0.15, -0.1) is 0 Å². The Morgan fingerprint density at radius 1 is 0.479 bits per heavy atom. The highest BCUT2D eigenvalue weighted by atomic mass is 16.7. The summed E-state index contributed by atoms with van der Waals surface area (Å²) in [6.07, 6.45) is 46.0. The van der Waals surface area contributed by atoms with Crippen LogP contribution < -0.4 is 0 Å². The molecular formula is C59H98O12. The number of hydrogen-bond acceptors (Lipinski definition) is 11. The van der Waals surface area contributed by atoms with E-state index in [9.17, 15) is 34.5 Å². The van der Waals surface area contributed by atoms with Crippen molar-refractivity contribution >= 4 is 23.9 Å². The summed E-state index contributed by atoms with van der Waals surface area (Å²) in [6, 6.07) is 0. The zero-order valence-electron chi connectivity index (χ0n) is 44.4. The number of carboxylic acid groups (broad SMARTS) is 1. The van der Waals surface area contributed by atoms with Crippen LogP contribution in [0.25, 0.3) is 0 Å². The highest BCUT2D eigenvalue weighted by molar-refractivity contribution is 5.74. The maximum absolute atomic E-state index is 13.1. The maximum Gasteiger partial charge on any atom is 0.335 e. The Balaban J connectivity index is 2.75. The molecule has 1 aliphatic rings. The average Bonchev–Trinajstić information content (AvgIpc) is 3.35. The summed E-state index contributed by atoms with van der Waals surface area (Å²) < 4.78 is 28.3. The minimum absolute atomic E-state index is 0.0430. The average molecular weight is 999 g/mol. The Labute approximate surface area is 429 Å². The minimum Gasteiger partial charge on any atom is -0.479 e. The smallest absolute Gasteiger partial charge is 0.335 e. The number of allylic oxidation sites excluding steroid dienone is 12. The number of ether oxygens (including phenoxy) is 5. The van der Waals surface area contributed by atoms with Crippen LogP contribution in [0.2, 0.25) is 0 Å². The van der Waals surface area contributed by atoms with Crippen LogP contribution in [0.5, 0.6) is 0 Å². The lowest BCUT2D eigenvalue weighted by atomic mass is 9.98. The molecule has 6 atom stereocenters. The number of aliphatic carboxylic acids is 1. The Hall–Kier alpha value is -3.84. The number of carboxylic acids is 1. The number of unbranched alkanes of at least 4 members (excludes halogenated alkanes) is 20. The fourth-order valence-corrected chi connectivity index (χ4v) is 7.92. The highest BCUT2D eigenvalue weighted by Gasteiger charge is 2.50. The summed E-state index contributed by atoms with van der Waals surface area (Å²) >= 11 is 0. The lowest BCUT2D eigenvalue weighted by molar-refractivity contribution is -0.301. The van der Waals surface area contributed by atoms with E-state index in [1.165, 1.54) is 51.4 Å². The van der Waals surface area contributed by atoms with Crippen molar-refractivity contribution in [2.75, 3.05) is 13.2 Å². The van der Waals surface area contributed by atoms with E-state index in [0.717, 1.165) is 116 Å². The van der Waals surface area contributed by atoms with E-state index in [0.29, 0.717) is 19.3 Å². The van der Waals surface area contributed by atoms with E-state index in [4.69, 9.17) is 23.7 Å². The van der Waals surface area contributed by atoms with Gasteiger partial charge in [-0.2, -0.15) is 0 Å². The van der Waals surface area contributed by atoms with Crippen LogP contribution in [0.4, 0.5) is 0 Å². The van der Waals surface area contributed by atoms with Crippen LogP contribution in [0.1, 0.15) is 226 Å². The predicted octanol–water partition coefficient (Wildman–Crippen LogP) is 13.8. The van der Waals surface area contributed by atoms with Gasteiger partial charge < -0.3 is 39.0 Å². The lowest BCUT2D eigenvalue weighted by Crippen LogP contribution is -2.61. The SMILES string of the molecule is CC/C=C\C/C=C\C/C=C\C/C=C\CCCCC(=O)OCC(COC1OC(C(=O)O)C(O)C(O)C1OC(=O)CCCCCCC/C=C\CCCC)OC(=O)CCCCCCC/C=C\CCCCCCCC. The fourth-order valence-electron chi connectivity index (χ4n) is 7.92. The predicted molar refractivity (Wildman–Crippen MR) is 285 cm³/mol. The van der Waals surface area contributed by atoms with E-state index >= 15 is 0 Å². The van der Waals surface area contributed by atoms with E-state index in [2.05, 4.69) is 93.7 Å². The van der Waals surface area contributed by atoms with E-state index in [-0.39, 0.29) is 25.9 Å². The van der Waals surface area contributed by atoms with Crippen molar-refractivity contribution in [3.63, 3.8) is 0 Å². The number of hydrogen-bond donors (Lipinski definition) is 3. The third kappa shape index (κ3) is 37.6. The Bertz CT molecular complexity index is 1510. The summed E-state index contributed by atoms with van der Waals surface area (Å²) in [5, 5.41) is 31.4. The molecule has 1 fully saturated rings. The molecule has 0 aromatic heterocycles. The minimum atomic E-state index is -1.91. The van der Waals surface area contributed by atoms with Gasteiger partial charge in [0.05, 0.1) is 6.61 Å². The van der Waals surface area contributed by atoms with Gasteiger partial charge in [0.2, 0.25) is 0 Å². The number of carbonyl (C=O) groups excluding carboxylic acids is 3. The van der Waals surface area contributed by atoms with Gasteiger partial charge >= 0.3 is 23.9 Å². The molecule has 1 rings (SSSR count). The zero-order chi connectivity index (χ0) is 51.8. The van der Waals surface area contributed by atoms with Crippen LogP contribution in [0.15, 0.2) is 72.9 Å². The molecule has 0 aliphatic carbocycles. The monoisotopic (exact) mass is 999 g/mol. The summed E-state index contributed by atoms with van der Waals surface area (Å²) in [4.78, 5) is 50.9. The molecular weight excluding hydrogens is 901 g/mol. The molecule has 0 saturated carbocycles. The standard InChI is InChI=1S/C59H98O12/c1-4-7-10-13-16-19-22-24-26-28-31-33-36-39-42-45-51(60)67-48-50(69-52(61)46-43-40-37-35-32-29-27-25-23-20-17-14-11-8-5-2)49-68-59-57(55(64)54(63)56(71-59)58(65)66)70-53(62)47-44-41-38-34-30-21-18-15-12-9-6-3/h7,10,15-16,18-19,24-27,31,33,50,54-57,59,63-64H,4-6,8-9,11-14,17,20-23,28-30,32,34-49H2,1-3H3,(H,65,66)/b10-7-,18-15-,19-16-,26-24-,27-25-,33-31-. The molecule has 0 spiro atoms. The van der Waals surface area contributed by atoms with Gasteiger partial charge in [-0.1, -0.05) is 177 Å². The van der Waals surface area contributed by atoms with Crippen molar-refractivity contribution in [3.05, 3.63) is 72.9 Å². The number of carbonyl (C=O) groups is 4. The van der Waals surface area contributed by atoms with Gasteiger partial charge in [-0.3, -0.25) is 14.4 Å². The van der Waals surface area contributed by atoms with Gasteiger partial charge in [0.25, 0.3) is 0 Å². The van der Waals surface area contributed by atoms with Crippen LogP contribution >= 0.6 is 0 Å². The molecule has 0 radical (unpaired) electrons. The summed E-state index contributed by atoms with van der Waals surface area (Å²) in [7, 11) is 0. The topological polar surface area (TPSA) is 175 Å². The Kier molecular flexibility index (Phi) is 43.3. The molecule has 406 valence electrons. The number of aliphatic hydroxyl groups excluding tert-OH is 2. The fraction of sp³-hybridized carbons (Fsp3) is 0.729. The van der Waals surface area contributed by atoms with Crippen molar-refractivity contribution in [1.82, 2.24) is 0 Å². The zero-order valence-corrected chi connectivity index (χ0v) is 44.4. The second-order valence-electron chi connectivity index (χ2n) is 18.8. The first-order chi connectivity index (χ1) is 34.6. The highest BCUT2D eigenvalue weighted by Crippen LogP contribution is 2.26. The third-order valence-electron chi connectivity index (χ3n) is 12.2. The Morgan fingerprint density at radius 3 is 1.44 bits per heavy atom. The summed E-state index contributed by atoms with van der Waals surface area (Å²) in [5.41, 5.74) is 0. The first-order valence-electron chi connectivity index (χ1n) is 27.9. The molecule has 12 nitrogen and oxygen atoms in total. The largest absolute Gasteiger partial charge is 0.479 e. The molecule has 71 heavy (non-hydrogen) atoms. The van der Waals surface area contributed by atoms with Crippen molar-refractivity contribution in [2.24, 2.45) is 0 Å². The van der Waals surface area contributed by atoms with Gasteiger partial charge in [-0.05, 0) is 103 Å². The normalized spacial score (nSPS) is 19.0. The van der Waals surface area contributed by atoms with E-state index in [1.807, 2.05) is 0 Å². The number of aliphatic hydroxyl groups is 2. The second-order valence-corrected chi connectivity index (χ2v) is 18.8. The molecule has 6 unspecified atom stereocenters. The van der Waals surface area contributed by atoms with Gasteiger partial charge in [0.15, 0.2) is 24.6 Å². The molecule has 0 aromatic carbocycles. The molecule has 0 amide bonds. The van der Waals surface area contributed by atoms with E-state index < -0.39 is 67.3 Å². The number of esters is 3. The van der Waals surface area contributed by atoms with Crippen LogP contribution in [-0.2, 0) is 42.9 Å². The molecule has 0 bridgehead atoms. The summed E-state index contributed by atoms with van der Waals surface area (Å²) in [5.74, 6) is -3.20. The van der Waals surface area contributed by atoms with Crippen molar-refractivity contribution in [1.29, 1.82) is 0 Å².